The Hall–Kier alpha value is -0.960. The minimum Gasteiger partial charge on any atom is -0.388 e. The Morgan fingerprint density at radius 1 is 1.06 bits per heavy atom. The number of rotatable bonds is 2. The standard InChI is InChI=1S/C14H18F2O/c15-11-7-8-13(16)12(9-11)14(17)10-5-3-1-2-4-6-10/h7-10,14,17H,1-6H2. The van der Waals surface area contributed by atoms with Gasteiger partial charge in [-0.05, 0) is 37.0 Å². The number of aliphatic hydroxyl groups excluding tert-OH is 1. The van der Waals surface area contributed by atoms with Crippen LogP contribution in [0.4, 0.5) is 8.78 Å². The molecule has 0 aromatic heterocycles. The van der Waals surface area contributed by atoms with E-state index in [1.165, 1.54) is 12.8 Å². The van der Waals surface area contributed by atoms with Crippen LogP contribution in [0, 0.1) is 17.6 Å². The predicted molar refractivity (Wildman–Crippen MR) is 62.5 cm³/mol. The first-order valence-corrected chi connectivity index (χ1v) is 6.31. The normalized spacial score (nSPS) is 19.9. The summed E-state index contributed by atoms with van der Waals surface area (Å²) in [5, 5.41) is 10.2. The molecule has 17 heavy (non-hydrogen) atoms. The lowest BCUT2D eigenvalue weighted by Crippen LogP contribution is -2.13. The lowest BCUT2D eigenvalue weighted by Gasteiger charge is -2.22. The molecule has 1 N–H and O–H groups in total. The van der Waals surface area contributed by atoms with Crippen molar-refractivity contribution in [3.05, 3.63) is 35.4 Å². The number of hydrogen-bond acceptors (Lipinski definition) is 1. The molecule has 94 valence electrons. The molecular formula is C14H18F2O. The number of benzene rings is 1. The van der Waals surface area contributed by atoms with Gasteiger partial charge in [0.15, 0.2) is 0 Å². The highest BCUT2D eigenvalue weighted by atomic mass is 19.1. The van der Waals surface area contributed by atoms with Crippen molar-refractivity contribution in [3.8, 4) is 0 Å². The van der Waals surface area contributed by atoms with Gasteiger partial charge in [-0.1, -0.05) is 25.7 Å². The van der Waals surface area contributed by atoms with Gasteiger partial charge in [0.2, 0.25) is 0 Å². The first-order valence-electron chi connectivity index (χ1n) is 6.31. The zero-order valence-electron chi connectivity index (χ0n) is 9.83. The molecule has 0 saturated heterocycles. The summed E-state index contributed by atoms with van der Waals surface area (Å²) < 4.78 is 26.6. The quantitative estimate of drug-likeness (QED) is 0.775. The molecule has 1 aliphatic rings. The average molecular weight is 240 g/mol. The fourth-order valence-corrected chi connectivity index (χ4v) is 2.62. The van der Waals surface area contributed by atoms with Crippen molar-refractivity contribution in [3.63, 3.8) is 0 Å². The first-order chi connectivity index (χ1) is 8.18. The summed E-state index contributed by atoms with van der Waals surface area (Å²) in [6, 6.07) is 3.29. The van der Waals surface area contributed by atoms with E-state index in [4.69, 9.17) is 0 Å². The Morgan fingerprint density at radius 3 is 2.35 bits per heavy atom. The summed E-state index contributed by atoms with van der Waals surface area (Å²) in [4.78, 5) is 0. The third-order valence-corrected chi connectivity index (χ3v) is 3.62. The van der Waals surface area contributed by atoms with E-state index in [-0.39, 0.29) is 11.5 Å². The molecule has 1 unspecified atom stereocenters. The van der Waals surface area contributed by atoms with E-state index in [9.17, 15) is 13.9 Å². The van der Waals surface area contributed by atoms with E-state index in [1.807, 2.05) is 0 Å². The summed E-state index contributed by atoms with van der Waals surface area (Å²) >= 11 is 0. The molecule has 0 amide bonds. The van der Waals surface area contributed by atoms with Crippen LogP contribution in [0.1, 0.15) is 50.2 Å². The smallest absolute Gasteiger partial charge is 0.129 e. The third kappa shape index (κ3) is 3.03. The highest BCUT2D eigenvalue weighted by Crippen LogP contribution is 2.34. The summed E-state index contributed by atoms with van der Waals surface area (Å²) in [5.74, 6) is -0.939. The van der Waals surface area contributed by atoms with Crippen molar-refractivity contribution in [2.45, 2.75) is 44.6 Å². The molecule has 1 aromatic carbocycles. The Morgan fingerprint density at radius 2 is 1.71 bits per heavy atom. The van der Waals surface area contributed by atoms with Crippen LogP contribution in [0.5, 0.6) is 0 Å². The molecule has 0 spiro atoms. The van der Waals surface area contributed by atoms with E-state index < -0.39 is 17.7 Å². The molecule has 1 fully saturated rings. The molecule has 1 aliphatic carbocycles. The minimum atomic E-state index is -0.871. The second kappa shape index (κ2) is 5.58. The van der Waals surface area contributed by atoms with Crippen LogP contribution in [0.25, 0.3) is 0 Å². The van der Waals surface area contributed by atoms with E-state index in [0.717, 1.165) is 43.9 Å². The molecule has 0 heterocycles. The van der Waals surface area contributed by atoms with Crippen molar-refractivity contribution >= 4 is 0 Å². The molecule has 1 nitrogen and oxygen atoms in total. The number of halogens is 2. The lowest BCUT2D eigenvalue weighted by molar-refractivity contribution is 0.0949. The number of aliphatic hydroxyl groups is 1. The van der Waals surface area contributed by atoms with Crippen molar-refractivity contribution in [2.24, 2.45) is 5.92 Å². The lowest BCUT2D eigenvalue weighted by atomic mass is 9.89. The van der Waals surface area contributed by atoms with Gasteiger partial charge in [-0.15, -0.1) is 0 Å². The van der Waals surface area contributed by atoms with Gasteiger partial charge in [0.05, 0.1) is 6.10 Å². The molecule has 2 rings (SSSR count). The number of hydrogen-bond donors (Lipinski definition) is 1. The van der Waals surface area contributed by atoms with Crippen molar-refractivity contribution in [2.75, 3.05) is 0 Å². The molecule has 0 bridgehead atoms. The van der Waals surface area contributed by atoms with Gasteiger partial charge in [-0.2, -0.15) is 0 Å². The third-order valence-electron chi connectivity index (χ3n) is 3.62. The van der Waals surface area contributed by atoms with Gasteiger partial charge in [0, 0.05) is 5.56 Å². The van der Waals surface area contributed by atoms with Crippen molar-refractivity contribution in [1.82, 2.24) is 0 Å². The van der Waals surface area contributed by atoms with Crippen LogP contribution in [0.2, 0.25) is 0 Å². The van der Waals surface area contributed by atoms with Gasteiger partial charge in [-0.25, -0.2) is 8.78 Å². The van der Waals surface area contributed by atoms with Crippen molar-refractivity contribution in [1.29, 1.82) is 0 Å². The average Bonchev–Trinajstić information content (AvgIpc) is 2.60. The van der Waals surface area contributed by atoms with Crippen LogP contribution in [0.3, 0.4) is 0 Å². The van der Waals surface area contributed by atoms with Crippen LogP contribution >= 0.6 is 0 Å². The van der Waals surface area contributed by atoms with Crippen LogP contribution < -0.4 is 0 Å². The fourth-order valence-electron chi connectivity index (χ4n) is 2.62. The fraction of sp³-hybridized carbons (Fsp3) is 0.571. The molecular weight excluding hydrogens is 222 g/mol. The van der Waals surface area contributed by atoms with E-state index in [2.05, 4.69) is 0 Å². The Balaban J connectivity index is 2.16. The van der Waals surface area contributed by atoms with Gasteiger partial charge in [-0.3, -0.25) is 0 Å². The molecule has 1 aromatic rings. The second-order valence-electron chi connectivity index (χ2n) is 4.86. The van der Waals surface area contributed by atoms with Gasteiger partial charge < -0.3 is 5.11 Å². The van der Waals surface area contributed by atoms with E-state index >= 15 is 0 Å². The SMILES string of the molecule is OC(c1cc(F)ccc1F)C1CCCCCC1. The minimum absolute atomic E-state index is 0.0637. The van der Waals surface area contributed by atoms with Crippen LogP contribution in [-0.2, 0) is 0 Å². The van der Waals surface area contributed by atoms with Crippen LogP contribution in [0.15, 0.2) is 18.2 Å². The summed E-state index contributed by atoms with van der Waals surface area (Å²) in [7, 11) is 0. The van der Waals surface area contributed by atoms with Gasteiger partial charge in [0.1, 0.15) is 11.6 Å². The topological polar surface area (TPSA) is 20.2 Å². The predicted octanol–water partition coefficient (Wildman–Crippen LogP) is 3.97. The van der Waals surface area contributed by atoms with Gasteiger partial charge >= 0.3 is 0 Å². The van der Waals surface area contributed by atoms with E-state index in [0.29, 0.717) is 0 Å². The Bertz CT molecular complexity index is 370. The monoisotopic (exact) mass is 240 g/mol. The molecule has 0 aliphatic heterocycles. The highest BCUT2D eigenvalue weighted by molar-refractivity contribution is 5.21. The Kier molecular flexibility index (Phi) is 4.11. The van der Waals surface area contributed by atoms with Gasteiger partial charge in [0.25, 0.3) is 0 Å². The maximum atomic E-state index is 13.5. The first kappa shape index (κ1) is 12.5. The largest absolute Gasteiger partial charge is 0.388 e. The van der Waals surface area contributed by atoms with Crippen LogP contribution in [-0.4, -0.2) is 5.11 Å². The summed E-state index contributed by atoms with van der Waals surface area (Å²) in [5.41, 5.74) is 0.108. The zero-order chi connectivity index (χ0) is 12.3. The molecule has 0 radical (unpaired) electrons. The molecule has 3 heteroatoms. The maximum Gasteiger partial charge on any atom is 0.129 e. The molecule has 1 saturated carbocycles. The summed E-state index contributed by atoms with van der Waals surface area (Å²) in [6.45, 7) is 0. The zero-order valence-corrected chi connectivity index (χ0v) is 9.83. The summed E-state index contributed by atoms with van der Waals surface area (Å²) in [6.07, 6.45) is 5.42. The van der Waals surface area contributed by atoms with Crippen molar-refractivity contribution < 1.29 is 13.9 Å². The highest BCUT2D eigenvalue weighted by Gasteiger charge is 2.24. The van der Waals surface area contributed by atoms with E-state index in [1.54, 1.807) is 0 Å². The maximum absolute atomic E-state index is 13.5. The Labute approximate surface area is 100 Å². The second-order valence-corrected chi connectivity index (χ2v) is 4.86. The molecule has 1 atom stereocenters.